The molecule has 4 nitrogen and oxygen atoms in total. The minimum Gasteiger partial charge on any atom is -0.383 e. The Labute approximate surface area is 104 Å². The SMILES string of the molecule is CNCc1ccc(N(CCOC)C(C)C)nc1. The van der Waals surface area contributed by atoms with E-state index >= 15 is 0 Å². The van der Waals surface area contributed by atoms with Gasteiger partial charge in [-0.05, 0) is 32.5 Å². The normalized spacial score (nSPS) is 10.9. The minimum atomic E-state index is 0.424. The maximum atomic E-state index is 5.13. The van der Waals surface area contributed by atoms with Crippen LogP contribution in [0.4, 0.5) is 5.82 Å². The molecule has 0 spiro atoms. The molecule has 1 aromatic rings. The summed E-state index contributed by atoms with van der Waals surface area (Å²) in [6.45, 7) is 6.77. The molecule has 0 aromatic carbocycles. The summed E-state index contributed by atoms with van der Waals surface area (Å²) in [7, 11) is 3.66. The van der Waals surface area contributed by atoms with Gasteiger partial charge < -0.3 is 15.0 Å². The van der Waals surface area contributed by atoms with Crippen LogP contribution in [0.1, 0.15) is 19.4 Å². The first-order chi connectivity index (χ1) is 8.19. The first kappa shape index (κ1) is 13.9. The van der Waals surface area contributed by atoms with Crippen LogP contribution in [0.5, 0.6) is 0 Å². The van der Waals surface area contributed by atoms with Crippen LogP contribution in [-0.2, 0) is 11.3 Å². The molecule has 1 N–H and O–H groups in total. The van der Waals surface area contributed by atoms with Gasteiger partial charge >= 0.3 is 0 Å². The summed E-state index contributed by atoms with van der Waals surface area (Å²) in [6.07, 6.45) is 1.92. The Bertz CT molecular complexity index is 311. The molecular weight excluding hydrogens is 214 g/mol. The van der Waals surface area contributed by atoms with Crippen LogP contribution in [0.25, 0.3) is 0 Å². The Morgan fingerprint density at radius 3 is 2.65 bits per heavy atom. The van der Waals surface area contributed by atoms with Gasteiger partial charge in [0.2, 0.25) is 0 Å². The van der Waals surface area contributed by atoms with Gasteiger partial charge in [0.15, 0.2) is 0 Å². The lowest BCUT2D eigenvalue weighted by Crippen LogP contribution is -2.34. The number of anilines is 1. The number of hydrogen-bond acceptors (Lipinski definition) is 4. The highest BCUT2D eigenvalue weighted by Gasteiger charge is 2.11. The number of hydrogen-bond donors (Lipinski definition) is 1. The third kappa shape index (κ3) is 4.32. The molecule has 0 atom stereocenters. The fraction of sp³-hybridized carbons (Fsp3) is 0.615. The lowest BCUT2D eigenvalue weighted by Gasteiger charge is -2.27. The largest absolute Gasteiger partial charge is 0.383 e. The fourth-order valence-electron chi connectivity index (χ4n) is 1.72. The molecule has 0 aliphatic carbocycles. The van der Waals surface area contributed by atoms with E-state index < -0.39 is 0 Å². The van der Waals surface area contributed by atoms with Crippen LogP contribution < -0.4 is 10.2 Å². The standard InChI is InChI=1S/C13H23N3O/c1-11(2)16(7-8-17-4)13-6-5-12(9-14-3)10-15-13/h5-6,10-11,14H,7-9H2,1-4H3. The molecule has 0 saturated carbocycles. The van der Waals surface area contributed by atoms with Gasteiger partial charge in [-0.1, -0.05) is 6.07 Å². The van der Waals surface area contributed by atoms with Crippen LogP contribution in [0.3, 0.4) is 0 Å². The van der Waals surface area contributed by atoms with E-state index in [1.165, 1.54) is 5.56 Å². The van der Waals surface area contributed by atoms with E-state index in [9.17, 15) is 0 Å². The van der Waals surface area contributed by atoms with E-state index in [4.69, 9.17) is 4.74 Å². The molecule has 4 heteroatoms. The molecule has 0 unspecified atom stereocenters. The second-order valence-electron chi connectivity index (χ2n) is 4.33. The lowest BCUT2D eigenvalue weighted by atomic mass is 10.2. The summed E-state index contributed by atoms with van der Waals surface area (Å²) in [5.41, 5.74) is 1.20. The average Bonchev–Trinajstić information content (AvgIpc) is 2.31. The quantitative estimate of drug-likeness (QED) is 0.782. The van der Waals surface area contributed by atoms with Crippen LogP contribution in [0.15, 0.2) is 18.3 Å². The van der Waals surface area contributed by atoms with Gasteiger partial charge in [0.1, 0.15) is 5.82 Å². The van der Waals surface area contributed by atoms with Crippen molar-refractivity contribution >= 4 is 5.82 Å². The van der Waals surface area contributed by atoms with Crippen molar-refractivity contribution < 1.29 is 4.74 Å². The van der Waals surface area contributed by atoms with E-state index in [0.29, 0.717) is 6.04 Å². The van der Waals surface area contributed by atoms with Crippen LogP contribution in [-0.4, -0.2) is 38.3 Å². The smallest absolute Gasteiger partial charge is 0.128 e. The molecule has 0 amide bonds. The van der Waals surface area contributed by atoms with Crippen molar-refractivity contribution in [1.29, 1.82) is 0 Å². The summed E-state index contributed by atoms with van der Waals surface area (Å²) < 4.78 is 5.13. The number of nitrogens with one attached hydrogen (secondary N) is 1. The van der Waals surface area contributed by atoms with Gasteiger partial charge in [0.05, 0.1) is 6.61 Å². The zero-order chi connectivity index (χ0) is 12.7. The number of rotatable bonds is 7. The molecule has 0 aliphatic heterocycles. The minimum absolute atomic E-state index is 0.424. The Balaban J connectivity index is 2.72. The van der Waals surface area contributed by atoms with Gasteiger partial charge in [-0.15, -0.1) is 0 Å². The van der Waals surface area contributed by atoms with E-state index in [2.05, 4.69) is 41.2 Å². The van der Waals surface area contributed by atoms with Gasteiger partial charge in [0.25, 0.3) is 0 Å². The van der Waals surface area contributed by atoms with Gasteiger partial charge in [-0.2, -0.15) is 0 Å². The number of nitrogens with zero attached hydrogens (tertiary/aromatic N) is 2. The Hall–Kier alpha value is -1.13. The van der Waals surface area contributed by atoms with Crippen molar-refractivity contribution in [2.24, 2.45) is 0 Å². The number of aromatic nitrogens is 1. The van der Waals surface area contributed by atoms with Gasteiger partial charge in [-0.3, -0.25) is 0 Å². The summed E-state index contributed by atoms with van der Waals surface area (Å²) in [5, 5.41) is 3.12. The third-order valence-corrected chi connectivity index (χ3v) is 2.64. The number of pyridine rings is 1. The zero-order valence-corrected chi connectivity index (χ0v) is 11.2. The molecule has 1 rings (SSSR count). The van der Waals surface area contributed by atoms with E-state index in [0.717, 1.165) is 25.5 Å². The molecule has 0 radical (unpaired) electrons. The molecule has 1 aromatic heterocycles. The Kier molecular flexibility index (Phi) is 5.94. The maximum absolute atomic E-state index is 5.13. The van der Waals surface area contributed by atoms with Crippen LogP contribution in [0.2, 0.25) is 0 Å². The highest BCUT2D eigenvalue weighted by atomic mass is 16.5. The average molecular weight is 237 g/mol. The molecule has 0 aliphatic rings. The van der Waals surface area contributed by atoms with Crippen molar-refractivity contribution in [3.05, 3.63) is 23.9 Å². The van der Waals surface area contributed by atoms with E-state index in [-0.39, 0.29) is 0 Å². The summed E-state index contributed by atoms with van der Waals surface area (Å²) >= 11 is 0. The highest BCUT2D eigenvalue weighted by molar-refractivity contribution is 5.40. The Morgan fingerprint density at radius 1 is 1.41 bits per heavy atom. The maximum Gasteiger partial charge on any atom is 0.128 e. The molecule has 0 bridgehead atoms. The first-order valence-corrected chi connectivity index (χ1v) is 6.04. The Morgan fingerprint density at radius 2 is 2.18 bits per heavy atom. The summed E-state index contributed by atoms with van der Waals surface area (Å²) in [4.78, 5) is 6.74. The van der Waals surface area contributed by atoms with Gasteiger partial charge in [0, 0.05) is 32.4 Å². The van der Waals surface area contributed by atoms with Crippen molar-refractivity contribution in [2.75, 3.05) is 32.2 Å². The highest BCUT2D eigenvalue weighted by Crippen LogP contribution is 2.14. The molecule has 0 saturated heterocycles. The van der Waals surface area contributed by atoms with E-state index in [1.54, 1.807) is 7.11 Å². The lowest BCUT2D eigenvalue weighted by molar-refractivity contribution is 0.203. The summed E-state index contributed by atoms with van der Waals surface area (Å²) in [6, 6.07) is 4.61. The van der Waals surface area contributed by atoms with Crippen LogP contribution in [0, 0.1) is 0 Å². The van der Waals surface area contributed by atoms with Crippen LogP contribution >= 0.6 is 0 Å². The third-order valence-electron chi connectivity index (χ3n) is 2.64. The topological polar surface area (TPSA) is 37.4 Å². The second kappa shape index (κ2) is 7.25. The first-order valence-electron chi connectivity index (χ1n) is 6.04. The van der Waals surface area contributed by atoms with Gasteiger partial charge in [-0.25, -0.2) is 4.98 Å². The predicted molar refractivity (Wildman–Crippen MR) is 71.4 cm³/mol. The molecule has 0 fully saturated rings. The van der Waals surface area contributed by atoms with Crippen molar-refractivity contribution in [1.82, 2.24) is 10.3 Å². The molecule has 17 heavy (non-hydrogen) atoms. The number of ether oxygens (including phenoxy) is 1. The van der Waals surface area contributed by atoms with Crippen molar-refractivity contribution in [3.63, 3.8) is 0 Å². The van der Waals surface area contributed by atoms with Crippen molar-refractivity contribution in [3.8, 4) is 0 Å². The zero-order valence-electron chi connectivity index (χ0n) is 11.2. The molecule has 1 heterocycles. The second-order valence-corrected chi connectivity index (χ2v) is 4.33. The van der Waals surface area contributed by atoms with E-state index in [1.807, 2.05) is 13.2 Å². The monoisotopic (exact) mass is 237 g/mol. The summed E-state index contributed by atoms with van der Waals surface area (Å²) in [5.74, 6) is 1.01. The molecular formula is C13H23N3O. The van der Waals surface area contributed by atoms with Crippen molar-refractivity contribution in [2.45, 2.75) is 26.4 Å². The number of methoxy groups -OCH3 is 1. The predicted octanol–water partition coefficient (Wildman–Crippen LogP) is 1.66. The fourth-order valence-corrected chi connectivity index (χ4v) is 1.72. The molecule has 96 valence electrons.